The fourth-order valence-corrected chi connectivity index (χ4v) is 1.45. The summed E-state index contributed by atoms with van der Waals surface area (Å²) in [4.78, 5) is 0. The second-order valence-corrected chi connectivity index (χ2v) is 4.11. The van der Waals surface area contributed by atoms with Crippen LogP contribution in [0.3, 0.4) is 0 Å². The van der Waals surface area contributed by atoms with E-state index in [0.717, 1.165) is 0 Å². The first-order valence-corrected chi connectivity index (χ1v) is 6.80. The van der Waals surface area contributed by atoms with Crippen LogP contribution in [0.1, 0.15) is 45.7 Å². The molecule has 2 unspecified atom stereocenters. The zero-order valence-electron chi connectivity index (χ0n) is 12.9. The first kappa shape index (κ1) is 21.1. The first-order valence-electron chi connectivity index (χ1n) is 6.80. The maximum Gasteiger partial charge on any atom is 0.00466 e. The Hall–Kier alpha value is -0.176. The molecule has 19 heavy (non-hydrogen) atoms. The van der Waals surface area contributed by atoms with Gasteiger partial charge < -0.3 is 11.1 Å². The maximum atomic E-state index is 5.62. The molecule has 0 amide bonds. The number of allylic oxidation sites excluding steroid dienone is 1. The Morgan fingerprint density at radius 1 is 1.32 bits per heavy atom. The van der Waals surface area contributed by atoms with E-state index in [2.05, 4.69) is 37.4 Å². The smallest absolute Gasteiger partial charge is 0.00466 e. The molecule has 1 aromatic rings. The van der Waals surface area contributed by atoms with E-state index in [4.69, 9.17) is 5.73 Å². The Kier molecular flexibility index (Phi) is 14.3. The van der Waals surface area contributed by atoms with Crippen molar-refractivity contribution >= 4 is 5.69 Å². The fourth-order valence-electron chi connectivity index (χ4n) is 1.45. The summed E-state index contributed by atoms with van der Waals surface area (Å²) >= 11 is 0. The summed E-state index contributed by atoms with van der Waals surface area (Å²) in [5, 5.41) is 3.27. The number of nitrogens with one attached hydrogen (secondary N) is 1. The van der Waals surface area contributed by atoms with Gasteiger partial charge in [-0.2, -0.15) is 18.2 Å². The average molecular weight is 336 g/mol. The second-order valence-electron chi connectivity index (χ2n) is 4.11. The molecular weight excluding hydrogens is 309 g/mol. The van der Waals surface area contributed by atoms with E-state index in [1.165, 1.54) is 12.0 Å². The van der Waals surface area contributed by atoms with Gasteiger partial charge in [0, 0.05) is 38.8 Å². The SMILES string of the molecule is CC.CCC(C)/C=C\C(NC)c1c[c-]c(N)cc1.[Y]. The van der Waals surface area contributed by atoms with Gasteiger partial charge in [-0.15, -0.1) is 11.6 Å². The summed E-state index contributed by atoms with van der Waals surface area (Å²) in [5.41, 5.74) is 7.49. The quantitative estimate of drug-likeness (QED) is 0.485. The van der Waals surface area contributed by atoms with Crippen LogP contribution in [0.4, 0.5) is 5.69 Å². The van der Waals surface area contributed by atoms with Crippen molar-refractivity contribution in [2.24, 2.45) is 5.92 Å². The van der Waals surface area contributed by atoms with Crippen molar-refractivity contribution in [1.82, 2.24) is 5.32 Å². The molecule has 105 valence electrons. The van der Waals surface area contributed by atoms with Gasteiger partial charge in [0.1, 0.15) is 0 Å². The molecule has 1 radical (unpaired) electrons. The van der Waals surface area contributed by atoms with Gasteiger partial charge in [0.25, 0.3) is 0 Å². The van der Waals surface area contributed by atoms with Crippen LogP contribution in [-0.2, 0) is 32.7 Å². The predicted octanol–water partition coefficient (Wildman–Crippen LogP) is 3.96. The third-order valence-electron chi connectivity index (χ3n) is 2.81. The minimum atomic E-state index is 0. The minimum Gasteiger partial charge on any atom is -0.420 e. The van der Waals surface area contributed by atoms with Crippen LogP contribution >= 0.6 is 0 Å². The zero-order valence-corrected chi connectivity index (χ0v) is 15.7. The number of benzene rings is 1. The van der Waals surface area contributed by atoms with E-state index >= 15 is 0 Å². The normalized spacial score (nSPS) is 13.1. The van der Waals surface area contributed by atoms with Crippen LogP contribution in [-0.4, -0.2) is 7.05 Å². The van der Waals surface area contributed by atoms with Crippen LogP contribution in [0, 0.1) is 12.0 Å². The summed E-state index contributed by atoms with van der Waals surface area (Å²) in [5.74, 6) is 0.619. The Bertz CT molecular complexity index is 333. The monoisotopic (exact) mass is 336 g/mol. The number of nitrogen functional groups attached to an aromatic ring is 1. The van der Waals surface area contributed by atoms with E-state index in [9.17, 15) is 0 Å². The van der Waals surface area contributed by atoms with Crippen molar-refractivity contribution in [3.05, 3.63) is 42.0 Å². The van der Waals surface area contributed by atoms with E-state index < -0.39 is 0 Å². The molecule has 0 aromatic heterocycles. The molecule has 0 aliphatic rings. The molecule has 0 heterocycles. The molecule has 2 atom stereocenters. The van der Waals surface area contributed by atoms with Crippen molar-refractivity contribution in [1.29, 1.82) is 0 Å². The van der Waals surface area contributed by atoms with E-state index in [-0.39, 0.29) is 38.8 Å². The van der Waals surface area contributed by atoms with Crippen molar-refractivity contribution in [3.8, 4) is 0 Å². The Morgan fingerprint density at radius 3 is 2.37 bits per heavy atom. The number of nitrogens with two attached hydrogens (primary N) is 1. The molecule has 0 saturated carbocycles. The standard InChI is InChI=1S/C14H21N2.C2H6.Y/c1-4-11(2)5-10-14(16-3)12-6-8-13(15)9-7-12;1-2;/h5-8,10-11,14,16H,4,15H2,1-3H3;1-2H3;/q-1;;/b10-5-;;. The predicted molar refractivity (Wildman–Crippen MR) is 81.4 cm³/mol. The molecule has 3 N–H and O–H groups in total. The van der Waals surface area contributed by atoms with Crippen LogP contribution in [0.15, 0.2) is 30.4 Å². The largest absolute Gasteiger partial charge is 0.420 e. The van der Waals surface area contributed by atoms with E-state index in [1.807, 2.05) is 39.1 Å². The third-order valence-corrected chi connectivity index (χ3v) is 2.81. The van der Waals surface area contributed by atoms with Crippen molar-refractivity contribution in [3.63, 3.8) is 0 Å². The number of hydrogen-bond donors (Lipinski definition) is 2. The summed E-state index contributed by atoms with van der Waals surface area (Å²) in [6, 6.07) is 9.12. The minimum absolute atomic E-state index is 0. The summed E-state index contributed by atoms with van der Waals surface area (Å²) < 4.78 is 0. The van der Waals surface area contributed by atoms with E-state index in [0.29, 0.717) is 11.6 Å². The van der Waals surface area contributed by atoms with Gasteiger partial charge in [0.05, 0.1) is 0 Å². The Morgan fingerprint density at radius 2 is 1.95 bits per heavy atom. The van der Waals surface area contributed by atoms with Crippen LogP contribution in [0.2, 0.25) is 0 Å². The molecule has 0 fully saturated rings. The fraction of sp³-hybridized carbons (Fsp3) is 0.500. The Balaban J connectivity index is 0. The molecule has 1 rings (SSSR count). The van der Waals surface area contributed by atoms with Gasteiger partial charge in [-0.05, 0) is 13.0 Å². The number of anilines is 1. The number of likely N-dealkylation sites (N-methyl/N-ethyl adjacent to an activating group) is 1. The second kappa shape index (κ2) is 12.8. The average Bonchev–Trinajstić information content (AvgIpc) is 2.43. The van der Waals surface area contributed by atoms with Gasteiger partial charge >= 0.3 is 0 Å². The van der Waals surface area contributed by atoms with Gasteiger partial charge in [-0.1, -0.05) is 52.0 Å². The van der Waals surface area contributed by atoms with Crippen molar-refractivity contribution < 1.29 is 32.7 Å². The number of hydrogen-bond acceptors (Lipinski definition) is 2. The van der Waals surface area contributed by atoms with Crippen molar-refractivity contribution in [2.45, 2.75) is 40.2 Å². The first-order chi connectivity index (χ1) is 8.67. The molecule has 0 spiro atoms. The van der Waals surface area contributed by atoms with Crippen LogP contribution in [0.5, 0.6) is 0 Å². The van der Waals surface area contributed by atoms with Crippen LogP contribution in [0.25, 0.3) is 0 Å². The summed E-state index contributed by atoms with van der Waals surface area (Å²) in [6.07, 6.45) is 5.62. The van der Waals surface area contributed by atoms with Crippen molar-refractivity contribution in [2.75, 3.05) is 12.8 Å². The maximum absolute atomic E-state index is 5.62. The molecule has 0 saturated heterocycles. The molecule has 0 aliphatic carbocycles. The summed E-state index contributed by atoms with van der Waals surface area (Å²) in [7, 11) is 1.96. The molecule has 0 bridgehead atoms. The summed E-state index contributed by atoms with van der Waals surface area (Å²) in [6.45, 7) is 8.42. The van der Waals surface area contributed by atoms with E-state index in [1.54, 1.807) is 0 Å². The Labute approximate surface area is 144 Å². The topological polar surface area (TPSA) is 38.0 Å². The molecule has 2 nitrogen and oxygen atoms in total. The third kappa shape index (κ3) is 8.57. The zero-order chi connectivity index (χ0) is 14.0. The molecule has 0 aliphatic heterocycles. The molecular formula is C16H27N2Y-. The van der Waals surface area contributed by atoms with Crippen LogP contribution < -0.4 is 11.1 Å². The van der Waals surface area contributed by atoms with Gasteiger partial charge in [-0.3, -0.25) is 0 Å². The molecule has 1 aromatic carbocycles. The van der Waals surface area contributed by atoms with Gasteiger partial charge in [-0.25, -0.2) is 0 Å². The number of rotatable bonds is 5. The van der Waals surface area contributed by atoms with Gasteiger partial charge in [0.2, 0.25) is 0 Å². The van der Waals surface area contributed by atoms with Gasteiger partial charge in [0.15, 0.2) is 0 Å². The molecule has 3 heteroatoms.